The lowest BCUT2D eigenvalue weighted by Gasteiger charge is -2.73. The molecule has 11 atom stereocenters. The van der Waals surface area contributed by atoms with Gasteiger partial charge in [-0.15, -0.1) is 0 Å². The number of allylic oxidation sites excluding steroid dienone is 1. The van der Waals surface area contributed by atoms with Gasteiger partial charge in [0.05, 0.1) is 12.2 Å². The smallest absolute Gasteiger partial charge is 0.0607 e. The molecule has 0 heterocycles. The molecule has 5 aliphatic rings. The summed E-state index contributed by atoms with van der Waals surface area (Å²) in [6, 6.07) is 0. The average Bonchev–Trinajstić information content (AvgIpc) is 3.03. The number of hydrogen-bond donors (Lipinski definition) is 2. The Morgan fingerprint density at radius 2 is 1.47 bits per heavy atom. The molecule has 0 bridgehead atoms. The normalized spacial score (nSPS) is 58.8. The molecule has 5 aliphatic carbocycles. The summed E-state index contributed by atoms with van der Waals surface area (Å²) in [7, 11) is 0. The molecule has 0 aromatic carbocycles. The topological polar surface area (TPSA) is 40.5 Å². The monoisotopic (exact) mass is 442 g/mol. The Kier molecular flexibility index (Phi) is 5.02. The van der Waals surface area contributed by atoms with E-state index in [-0.39, 0.29) is 39.3 Å². The fraction of sp³-hybridized carbons (Fsp3) is 0.933. The van der Waals surface area contributed by atoms with Crippen LogP contribution >= 0.6 is 0 Å². The summed E-state index contributed by atoms with van der Waals surface area (Å²) in [5.74, 6) is 3.14. The van der Waals surface area contributed by atoms with Crippen molar-refractivity contribution in [2.45, 2.75) is 118 Å². The molecule has 0 aromatic heterocycles. The summed E-state index contributed by atoms with van der Waals surface area (Å²) in [5, 5.41) is 22.9. The zero-order valence-electron chi connectivity index (χ0n) is 22.0. The van der Waals surface area contributed by atoms with Crippen molar-refractivity contribution in [2.24, 2.45) is 56.7 Å². The van der Waals surface area contributed by atoms with Crippen molar-refractivity contribution in [2.75, 3.05) is 0 Å². The van der Waals surface area contributed by atoms with Crippen molar-refractivity contribution < 1.29 is 10.2 Å². The molecule has 0 aromatic rings. The molecular weight excluding hydrogens is 392 g/mol. The quantitative estimate of drug-likeness (QED) is 0.429. The van der Waals surface area contributed by atoms with Gasteiger partial charge in [-0.25, -0.2) is 0 Å². The molecule has 0 amide bonds. The van der Waals surface area contributed by atoms with Gasteiger partial charge in [0.15, 0.2) is 0 Å². The predicted molar refractivity (Wildman–Crippen MR) is 132 cm³/mol. The molecule has 2 N–H and O–H groups in total. The molecule has 2 nitrogen and oxygen atoms in total. The second-order valence-corrected chi connectivity index (χ2v) is 14.8. The maximum atomic E-state index is 12.0. The minimum atomic E-state index is -0.201. The van der Waals surface area contributed by atoms with Crippen molar-refractivity contribution in [3.05, 3.63) is 12.2 Å². The molecular formula is C30H50O2. The molecule has 0 aliphatic heterocycles. The summed E-state index contributed by atoms with van der Waals surface area (Å²) in [4.78, 5) is 0. The molecule has 0 unspecified atom stereocenters. The van der Waals surface area contributed by atoms with Gasteiger partial charge >= 0.3 is 0 Å². The maximum absolute atomic E-state index is 12.0. The number of aliphatic hydroxyl groups excluding tert-OH is 2. The Balaban J connectivity index is 1.58. The Hall–Kier alpha value is -0.340. The van der Waals surface area contributed by atoms with E-state index in [1.54, 1.807) is 0 Å². The third-order valence-corrected chi connectivity index (χ3v) is 13.5. The fourth-order valence-electron chi connectivity index (χ4n) is 11.6. The van der Waals surface area contributed by atoms with Gasteiger partial charge in [-0.2, -0.15) is 0 Å². The van der Waals surface area contributed by atoms with Crippen LogP contribution in [0.5, 0.6) is 0 Å². The third-order valence-electron chi connectivity index (χ3n) is 13.5. The van der Waals surface area contributed by atoms with Gasteiger partial charge < -0.3 is 10.2 Å². The van der Waals surface area contributed by atoms with Crippen LogP contribution in [0.25, 0.3) is 0 Å². The first kappa shape index (κ1) is 23.4. The van der Waals surface area contributed by atoms with E-state index >= 15 is 0 Å². The molecule has 5 rings (SSSR count). The SMILES string of the molecule is C=C(C)[C@@H]1CC[C@]2(C)C[C@H](O)[C@]3(C)[C@H](CC[C@@H]4[C@@]5(C)CC[C@H](O)C(C)(C)[C@@H]5CC[C@]43C)[C@@H]12. The van der Waals surface area contributed by atoms with E-state index in [0.29, 0.717) is 29.6 Å². The van der Waals surface area contributed by atoms with Crippen LogP contribution in [0, 0.1) is 56.7 Å². The zero-order valence-corrected chi connectivity index (χ0v) is 22.0. The van der Waals surface area contributed by atoms with Gasteiger partial charge in [-0.3, -0.25) is 0 Å². The summed E-state index contributed by atoms with van der Waals surface area (Å²) in [6.07, 6.45) is 10.2. The van der Waals surface area contributed by atoms with Crippen LogP contribution in [0.4, 0.5) is 0 Å². The summed E-state index contributed by atoms with van der Waals surface area (Å²) in [5.41, 5.74) is 2.06. The first-order valence-corrected chi connectivity index (χ1v) is 13.7. The van der Waals surface area contributed by atoms with E-state index in [9.17, 15) is 10.2 Å². The molecule has 5 fully saturated rings. The minimum Gasteiger partial charge on any atom is -0.393 e. The Morgan fingerprint density at radius 3 is 2.12 bits per heavy atom. The van der Waals surface area contributed by atoms with E-state index in [1.165, 1.54) is 44.1 Å². The maximum Gasteiger partial charge on any atom is 0.0607 e. The second-order valence-electron chi connectivity index (χ2n) is 14.8. The van der Waals surface area contributed by atoms with Crippen LogP contribution in [0.3, 0.4) is 0 Å². The van der Waals surface area contributed by atoms with E-state index in [2.05, 4.69) is 55.0 Å². The van der Waals surface area contributed by atoms with Crippen molar-refractivity contribution in [3.63, 3.8) is 0 Å². The minimum absolute atomic E-state index is 0.00760. The van der Waals surface area contributed by atoms with Crippen LogP contribution < -0.4 is 0 Å². The standard InChI is InChI=1S/C30H50O2/c1-18(2)19-11-14-27(5)17-24(32)30(8)20(25(19)27)9-10-22-28(6)15-13-23(31)26(3,4)21(28)12-16-29(22,30)7/h19-25,31-32H,1,9-17H2,2-8H3/t19-,20+,21-,22+,23-,24-,25+,27+,28-,29+,30-/m0/s1. The van der Waals surface area contributed by atoms with Crippen molar-refractivity contribution in [1.29, 1.82) is 0 Å². The first-order valence-electron chi connectivity index (χ1n) is 13.7. The van der Waals surface area contributed by atoms with Crippen molar-refractivity contribution in [1.82, 2.24) is 0 Å². The second kappa shape index (κ2) is 6.87. The molecule has 0 spiro atoms. The van der Waals surface area contributed by atoms with Gasteiger partial charge in [0.25, 0.3) is 0 Å². The van der Waals surface area contributed by atoms with Crippen molar-refractivity contribution in [3.8, 4) is 0 Å². The molecule has 182 valence electrons. The lowest BCUT2D eigenvalue weighted by atomic mass is 9.32. The summed E-state index contributed by atoms with van der Waals surface area (Å²) >= 11 is 0. The van der Waals surface area contributed by atoms with E-state index in [0.717, 1.165) is 19.3 Å². The average molecular weight is 443 g/mol. The van der Waals surface area contributed by atoms with Crippen LogP contribution in [0.1, 0.15) is 106 Å². The molecule has 2 heteroatoms. The van der Waals surface area contributed by atoms with E-state index in [4.69, 9.17) is 0 Å². The fourth-order valence-corrected chi connectivity index (χ4v) is 11.6. The lowest BCUT2D eigenvalue weighted by Crippen LogP contribution is -2.69. The van der Waals surface area contributed by atoms with Crippen LogP contribution in [0.2, 0.25) is 0 Å². The van der Waals surface area contributed by atoms with Crippen LogP contribution in [-0.4, -0.2) is 22.4 Å². The van der Waals surface area contributed by atoms with Gasteiger partial charge in [0.2, 0.25) is 0 Å². The summed E-state index contributed by atoms with van der Waals surface area (Å²) < 4.78 is 0. The van der Waals surface area contributed by atoms with E-state index < -0.39 is 0 Å². The molecule has 5 saturated carbocycles. The molecule has 32 heavy (non-hydrogen) atoms. The highest BCUT2D eigenvalue weighted by atomic mass is 16.3. The molecule has 0 saturated heterocycles. The van der Waals surface area contributed by atoms with Gasteiger partial charge in [0.1, 0.15) is 0 Å². The highest BCUT2D eigenvalue weighted by Gasteiger charge is 2.72. The van der Waals surface area contributed by atoms with Crippen LogP contribution in [0.15, 0.2) is 12.2 Å². The number of rotatable bonds is 1. The number of aliphatic hydroxyl groups is 2. The highest BCUT2D eigenvalue weighted by Crippen LogP contribution is 2.77. The van der Waals surface area contributed by atoms with Crippen molar-refractivity contribution >= 4 is 0 Å². The van der Waals surface area contributed by atoms with Gasteiger partial charge in [-0.05, 0) is 116 Å². The summed E-state index contributed by atoms with van der Waals surface area (Å²) in [6.45, 7) is 21.5. The largest absolute Gasteiger partial charge is 0.393 e. The zero-order chi connectivity index (χ0) is 23.5. The lowest BCUT2D eigenvalue weighted by molar-refractivity contribution is -0.275. The Labute approximate surface area is 197 Å². The Bertz CT molecular complexity index is 801. The molecule has 0 radical (unpaired) electrons. The Morgan fingerprint density at radius 1 is 0.781 bits per heavy atom. The third kappa shape index (κ3) is 2.61. The van der Waals surface area contributed by atoms with Crippen LogP contribution in [-0.2, 0) is 0 Å². The first-order chi connectivity index (χ1) is 14.7. The predicted octanol–water partition coefficient (Wildman–Crippen LogP) is 7.00. The van der Waals surface area contributed by atoms with Gasteiger partial charge in [0, 0.05) is 5.41 Å². The van der Waals surface area contributed by atoms with Gasteiger partial charge in [-0.1, -0.05) is 53.7 Å². The highest BCUT2D eigenvalue weighted by molar-refractivity contribution is 5.22. The number of hydrogen-bond acceptors (Lipinski definition) is 2. The number of fused-ring (bicyclic) bond motifs is 7. The van der Waals surface area contributed by atoms with E-state index in [1.807, 2.05) is 0 Å².